The predicted molar refractivity (Wildman–Crippen MR) is 129 cm³/mol. The summed E-state index contributed by atoms with van der Waals surface area (Å²) in [5, 5.41) is 0.891. The van der Waals surface area contributed by atoms with Gasteiger partial charge in [-0.05, 0) is 43.7 Å². The maximum absolute atomic E-state index is 13.0. The van der Waals surface area contributed by atoms with Gasteiger partial charge in [-0.15, -0.1) is 0 Å². The Labute approximate surface area is 203 Å². The van der Waals surface area contributed by atoms with E-state index < -0.39 is 16.0 Å². The first-order valence-corrected chi connectivity index (χ1v) is 13.0. The number of rotatable bonds is 7. The highest BCUT2D eigenvalue weighted by molar-refractivity contribution is 7.89. The molecule has 0 radical (unpaired) electrons. The minimum atomic E-state index is -3.63. The van der Waals surface area contributed by atoms with E-state index in [0.29, 0.717) is 44.2 Å². The average molecular weight is 498 g/mol. The van der Waals surface area contributed by atoms with Crippen LogP contribution in [0.5, 0.6) is 0 Å². The van der Waals surface area contributed by atoms with Crippen LogP contribution in [0.15, 0.2) is 52.0 Å². The van der Waals surface area contributed by atoms with Crippen molar-refractivity contribution in [2.24, 2.45) is 0 Å². The zero-order chi connectivity index (χ0) is 24.6. The zero-order valence-electron chi connectivity index (χ0n) is 19.7. The third kappa shape index (κ3) is 4.56. The summed E-state index contributed by atoms with van der Waals surface area (Å²) in [6, 6.07) is 10.8. The second kappa shape index (κ2) is 9.44. The summed E-state index contributed by atoms with van der Waals surface area (Å²) in [4.78, 5) is 17.4. The van der Waals surface area contributed by atoms with Gasteiger partial charge in [-0.1, -0.05) is 12.1 Å². The Hall–Kier alpha value is -3.21. The van der Waals surface area contributed by atoms with Gasteiger partial charge in [0.05, 0.1) is 41.8 Å². The molecule has 0 spiro atoms. The summed E-state index contributed by atoms with van der Waals surface area (Å²) in [6.45, 7) is 5.96. The van der Waals surface area contributed by atoms with Gasteiger partial charge in [-0.25, -0.2) is 13.4 Å². The molecule has 0 saturated carbocycles. The van der Waals surface area contributed by atoms with Crippen LogP contribution in [-0.2, 0) is 43.9 Å². The second-order valence-electron chi connectivity index (χ2n) is 8.54. The molecule has 1 saturated heterocycles. The van der Waals surface area contributed by atoms with Gasteiger partial charge in [0.1, 0.15) is 18.0 Å². The van der Waals surface area contributed by atoms with Crippen LogP contribution in [0, 0.1) is 6.92 Å². The van der Waals surface area contributed by atoms with Crippen LogP contribution in [0.2, 0.25) is 0 Å². The molecule has 3 heterocycles. The lowest BCUT2D eigenvalue weighted by Gasteiger charge is -2.26. The van der Waals surface area contributed by atoms with E-state index >= 15 is 0 Å². The molecule has 0 atom stereocenters. The highest BCUT2D eigenvalue weighted by Crippen LogP contribution is 2.25. The molecule has 0 bridgehead atoms. The normalized spacial score (nSPS) is 15.1. The Kier molecular flexibility index (Phi) is 6.35. The monoisotopic (exact) mass is 497 g/mol. The first kappa shape index (κ1) is 23.5. The van der Waals surface area contributed by atoms with E-state index in [9.17, 15) is 13.2 Å². The number of fused-ring (bicyclic) bond motifs is 2. The number of furan rings is 1. The summed E-state index contributed by atoms with van der Waals surface area (Å²) in [5.74, 6) is 0.169. The second-order valence-corrected chi connectivity index (χ2v) is 10.5. The molecule has 0 amide bonds. The fourth-order valence-electron chi connectivity index (χ4n) is 4.40. The first-order valence-electron chi connectivity index (χ1n) is 11.6. The number of morpholine rings is 1. The molecule has 4 aromatic rings. The van der Waals surface area contributed by atoms with Gasteiger partial charge in [-0.3, -0.25) is 4.79 Å². The topological polar surface area (TPSA) is 104 Å². The third-order valence-electron chi connectivity index (χ3n) is 6.23. The van der Waals surface area contributed by atoms with E-state index in [4.69, 9.17) is 13.9 Å². The maximum Gasteiger partial charge on any atom is 0.310 e. The van der Waals surface area contributed by atoms with Crippen molar-refractivity contribution in [2.75, 3.05) is 26.3 Å². The summed E-state index contributed by atoms with van der Waals surface area (Å²) in [6.07, 6.45) is 1.67. The van der Waals surface area contributed by atoms with Crippen LogP contribution >= 0.6 is 0 Å². The number of carbonyl (C=O) groups excluding carboxylic acids is 1. The van der Waals surface area contributed by atoms with Gasteiger partial charge in [0.2, 0.25) is 10.0 Å². The number of imidazole rings is 1. The standard InChI is InChI=1S/C25H27N3O6S/c1-3-28-22-7-5-19(35(30,31)27-8-10-32-11-9-27)14-21(22)26-24(28)16-34-25(29)13-18-15-33-23-12-17(2)4-6-20(18)23/h4-7,12,14-15H,3,8-11,13,16H2,1-2H3. The number of carbonyl (C=O) groups is 1. The smallest absolute Gasteiger partial charge is 0.310 e. The summed E-state index contributed by atoms with van der Waals surface area (Å²) in [5.41, 5.74) is 3.93. The molecule has 0 unspecified atom stereocenters. The Bertz CT molecular complexity index is 1500. The van der Waals surface area contributed by atoms with Crippen LogP contribution in [0.4, 0.5) is 0 Å². The largest absolute Gasteiger partial charge is 0.464 e. The first-order chi connectivity index (χ1) is 16.9. The van der Waals surface area contributed by atoms with Crippen molar-refractivity contribution in [3.63, 3.8) is 0 Å². The number of aromatic nitrogens is 2. The highest BCUT2D eigenvalue weighted by atomic mass is 32.2. The highest BCUT2D eigenvalue weighted by Gasteiger charge is 2.27. The van der Waals surface area contributed by atoms with Gasteiger partial charge >= 0.3 is 5.97 Å². The van der Waals surface area contributed by atoms with E-state index in [2.05, 4.69) is 4.98 Å². The molecule has 35 heavy (non-hydrogen) atoms. The number of hydrogen-bond donors (Lipinski definition) is 0. The Morgan fingerprint density at radius 3 is 2.71 bits per heavy atom. The molecule has 1 aliphatic heterocycles. The van der Waals surface area contributed by atoms with Gasteiger partial charge < -0.3 is 18.5 Å². The van der Waals surface area contributed by atoms with Gasteiger partial charge in [0, 0.05) is 30.6 Å². The van der Waals surface area contributed by atoms with Crippen molar-refractivity contribution in [2.45, 2.75) is 38.3 Å². The zero-order valence-corrected chi connectivity index (χ0v) is 20.5. The molecule has 1 aliphatic rings. The number of esters is 1. The van der Waals surface area contributed by atoms with Gasteiger partial charge in [-0.2, -0.15) is 4.31 Å². The van der Waals surface area contributed by atoms with E-state index in [0.717, 1.165) is 27.6 Å². The SMILES string of the molecule is CCn1c(COC(=O)Cc2coc3cc(C)ccc23)nc2cc(S(=O)(=O)N3CCOCC3)ccc21. The van der Waals surface area contributed by atoms with E-state index in [1.165, 1.54) is 4.31 Å². The minimum absolute atomic E-state index is 0.0121. The summed E-state index contributed by atoms with van der Waals surface area (Å²) < 4.78 is 45.8. The van der Waals surface area contributed by atoms with Crippen LogP contribution in [-0.4, -0.2) is 54.5 Å². The van der Waals surface area contributed by atoms with Crippen LogP contribution in [0.1, 0.15) is 23.9 Å². The molecule has 9 nitrogen and oxygen atoms in total. The van der Waals surface area contributed by atoms with Crippen molar-refractivity contribution in [1.82, 2.24) is 13.9 Å². The van der Waals surface area contributed by atoms with Crippen LogP contribution < -0.4 is 0 Å². The average Bonchev–Trinajstić information content (AvgIpc) is 3.42. The number of sulfonamides is 1. The van der Waals surface area contributed by atoms with E-state index in [-0.39, 0.29) is 17.9 Å². The quantitative estimate of drug-likeness (QED) is 0.360. The van der Waals surface area contributed by atoms with Crippen LogP contribution in [0.25, 0.3) is 22.0 Å². The van der Waals surface area contributed by atoms with Crippen molar-refractivity contribution in [3.8, 4) is 0 Å². The van der Waals surface area contributed by atoms with E-state index in [1.807, 2.05) is 36.6 Å². The molecule has 2 aromatic heterocycles. The predicted octanol–water partition coefficient (Wildman–Crippen LogP) is 3.42. The van der Waals surface area contributed by atoms with Crippen molar-refractivity contribution >= 4 is 38.0 Å². The van der Waals surface area contributed by atoms with Gasteiger partial charge in [0.15, 0.2) is 0 Å². The molecule has 10 heteroatoms. The number of nitrogens with zero attached hydrogens (tertiary/aromatic N) is 3. The summed E-state index contributed by atoms with van der Waals surface area (Å²) in [7, 11) is -3.63. The Morgan fingerprint density at radius 2 is 1.94 bits per heavy atom. The Morgan fingerprint density at radius 1 is 1.14 bits per heavy atom. The molecular formula is C25H27N3O6S. The van der Waals surface area contributed by atoms with Crippen molar-refractivity contribution < 1.29 is 27.1 Å². The Balaban J connectivity index is 1.33. The molecule has 0 N–H and O–H groups in total. The third-order valence-corrected chi connectivity index (χ3v) is 8.13. The maximum atomic E-state index is 13.0. The number of benzene rings is 2. The lowest BCUT2D eigenvalue weighted by Crippen LogP contribution is -2.40. The number of ether oxygens (including phenoxy) is 2. The lowest BCUT2D eigenvalue weighted by molar-refractivity contribution is -0.144. The van der Waals surface area contributed by atoms with Gasteiger partial charge in [0.25, 0.3) is 0 Å². The molecule has 184 valence electrons. The van der Waals surface area contributed by atoms with Crippen molar-refractivity contribution in [1.29, 1.82) is 0 Å². The number of aryl methyl sites for hydroxylation is 2. The molecule has 5 rings (SSSR count). The van der Waals surface area contributed by atoms with E-state index in [1.54, 1.807) is 24.5 Å². The molecule has 0 aliphatic carbocycles. The molecule has 2 aromatic carbocycles. The minimum Gasteiger partial charge on any atom is -0.464 e. The molecule has 1 fully saturated rings. The summed E-state index contributed by atoms with van der Waals surface area (Å²) >= 11 is 0. The fourth-order valence-corrected chi connectivity index (χ4v) is 5.83. The lowest BCUT2D eigenvalue weighted by atomic mass is 10.1. The van der Waals surface area contributed by atoms with Crippen molar-refractivity contribution in [3.05, 3.63) is 59.6 Å². The number of hydrogen-bond acceptors (Lipinski definition) is 7. The molecular weight excluding hydrogens is 470 g/mol. The fraction of sp³-hybridized carbons (Fsp3) is 0.360. The van der Waals surface area contributed by atoms with Crippen LogP contribution in [0.3, 0.4) is 0 Å².